The number of benzene rings is 1. The number of pyridine rings is 1. The van der Waals surface area contributed by atoms with Gasteiger partial charge in [-0.3, -0.25) is 4.98 Å². The smallest absolute Gasteiger partial charge is 0.0705 e. The van der Waals surface area contributed by atoms with Crippen LogP contribution < -0.4 is 5.32 Å². The molecule has 0 aliphatic heterocycles. The number of hydrogen-bond donors (Lipinski definition) is 1. The van der Waals surface area contributed by atoms with Crippen LogP contribution in [0.3, 0.4) is 0 Å². The Hall–Kier alpha value is -1.67. The van der Waals surface area contributed by atoms with Crippen LogP contribution in [-0.2, 0) is 6.54 Å². The SMILES string of the molecule is C1=C(CCNCc2ccc3ccccc3n2)CCCC1. The Morgan fingerprint density at radius 2 is 2.00 bits per heavy atom. The van der Waals surface area contributed by atoms with Crippen molar-refractivity contribution in [3.63, 3.8) is 0 Å². The number of fused-ring (bicyclic) bond motifs is 1. The highest BCUT2D eigenvalue weighted by molar-refractivity contribution is 5.78. The van der Waals surface area contributed by atoms with Crippen LogP contribution in [0.4, 0.5) is 0 Å². The molecule has 0 bridgehead atoms. The molecule has 0 saturated carbocycles. The second-order valence-electron chi connectivity index (χ2n) is 5.53. The summed E-state index contributed by atoms with van der Waals surface area (Å²) in [6.45, 7) is 1.92. The summed E-state index contributed by atoms with van der Waals surface area (Å²) in [5, 5.41) is 4.72. The molecule has 20 heavy (non-hydrogen) atoms. The van der Waals surface area contributed by atoms with Crippen LogP contribution in [0.1, 0.15) is 37.8 Å². The molecular formula is C18H22N2. The number of hydrogen-bond acceptors (Lipinski definition) is 2. The van der Waals surface area contributed by atoms with Crippen LogP contribution >= 0.6 is 0 Å². The first-order valence-electron chi connectivity index (χ1n) is 7.65. The van der Waals surface area contributed by atoms with Gasteiger partial charge in [0.1, 0.15) is 0 Å². The van der Waals surface area contributed by atoms with Crippen molar-refractivity contribution in [2.24, 2.45) is 0 Å². The molecule has 1 aliphatic rings. The fraction of sp³-hybridized carbons (Fsp3) is 0.389. The van der Waals surface area contributed by atoms with E-state index in [-0.39, 0.29) is 0 Å². The molecule has 0 atom stereocenters. The molecule has 1 aromatic heterocycles. The molecule has 104 valence electrons. The van der Waals surface area contributed by atoms with E-state index in [0.29, 0.717) is 0 Å². The Kier molecular flexibility index (Phi) is 4.44. The predicted molar refractivity (Wildman–Crippen MR) is 84.6 cm³/mol. The third kappa shape index (κ3) is 3.45. The van der Waals surface area contributed by atoms with Crippen LogP contribution in [0.5, 0.6) is 0 Å². The van der Waals surface area contributed by atoms with E-state index in [1.165, 1.54) is 37.5 Å². The van der Waals surface area contributed by atoms with Gasteiger partial charge in [0.2, 0.25) is 0 Å². The summed E-state index contributed by atoms with van der Waals surface area (Å²) in [5.41, 5.74) is 3.85. The van der Waals surface area contributed by atoms with E-state index >= 15 is 0 Å². The van der Waals surface area contributed by atoms with Crippen LogP contribution in [0, 0.1) is 0 Å². The van der Waals surface area contributed by atoms with Crippen LogP contribution in [-0.4, -0.2) is 11.5 Å². The maximum absolute atomic E-state index is 4.68. The first kappa shape index (κ1) is 13.3. The monoisotopic (exact) mass is 266 g/mol. The lowest BCUT2D eigenvalue weighted by Gasteiger charge is -2.12. The number of nitrogens with zero attached hydrogens (tertiary/aromatic N) is 1. The topological polar surface area (TPSA) is 24.9 Å². The molecule has 1 aliphatic carbocycles. The molecule has 0 amide bonds. The van der Waals surface area contributed by atoms with Gasteiger partial charge in [-0.2, -0.15) is 0 Å². The van der Waals surface area contributed by atoms with Crippen molar-refractivity contribution in [1.29, 1.82) is 0 Å². The minimum absolute atomic E-state index is 0.859. The number of nitrogens with one attached hydrogen (secondary N) is 1. The molecule has 0 spiro atoms. The average molecular weight is 266 g/mol. The molecule has 0 radical (unpaired) electrons. The minimum Gasteiger partial charge on any atom is -0.311 e. The van der Waals surface area contributed by atoms with Gasteiger partial charge in [-0.25, -0.2) is 0 Å². The lowest BCUT2D eigenvalue weighted by Crippen LogP contribution is -2.16. The van der Waals surface area contributed by atoms with Crippen molar-refractivity contribution in [2.75, 3.05) is 6.54 Å². The second-order valence-corrected chi connectivity index (χ2v) is 5.53. The third-order valence-electron chi connectivity index (χ3n) is 3.97. The van der Waals surface area contributed by atoms with Crippen LogP contribution in [0.15, 0.2) is 48.0 Å². The molecule has 2 aromatic rings. The van der Waals surface area contributed by atoms with E-state index in [1.54, 1.807) is 5.57 Å². The largest absolute Gasteiger partial charge is 0.311 e. The average Bonchev–Trinajstić information content (AvgIpc) is 2.52. The summed E-state index contributed by atoms with van der Waals surface area (Å²) >= 11 is 0. The van der Waals surface area contributed by atoms with Crippen molar-refractivity contribution in [3.8, 4) is 0 Å². The zero-order valence-electron chi connectivity index (χ0n) is 11.9. The van der Waals surface area contributed by atoms with Gasteiger partial charge < -0.3 is 5.32 Å². The van der Waals surface area contributed by atoms with E-state index in [0.717, 1.165) is 24.3 Å². The van der Waals surface area contributed by atoms with Crippen molar-refractivity contribution in [1.82, 2.24) is 10.3 Å². The molecule has 3 rings (SSSR count). The van der Waals surface area contributed by atoms with Crippen molar-refractivity contribution < 1.29 is 0 Å². The third-order valence-corrected chi connectivity index (χ3v) is 3.97. The van der Waals surface area contributed by atoms with Crippen LogP contribution in [0.25, 0.3) is 10.9 Å². The number of rotatable bonds is 5. The normalized spacial score (nSPS) is 15.3. The summed E-state index contributed by atoms with van der Waals surface area (Å²) in [6.07, 6.45) is 8.94. The summed E-state index contributed by atoms with van der Waals surface area (Å²) in [4.78, 5) is 4.68. The zero-order valence-corrected chi connectivity index (χ0v) is 11.9. The van der Waals surface area contributed by atoms with Crippen molar-refractivity contribution in [3.05, 3.63) is 53.7 Å². The highest BCUT2D eigenvalue weighted by Crippen LogP contribution is 2.19. The first-order valence-corrected chi connectivity index (χ1v) is 7.65. The van der Waals surface area contributed by atoms with Crippen molar-refractivity contribution in [2.45, 2.75) is 38.6 Å². The maximum atomic E-state index is 4.68. The molecule has 0 saturated heterocycles. The fourth-order valence-corrected chi connectivity index (χ4v) is 2.80. The summed E-state index contributed by atoms with van der Waals surface area (Å²) in [6, 6.07) is 12.6. The van der Waals surface area contributed by atoms with E-state index < -0.39 is 0 Å². The molecular weight excluding hydrogens is 244 g/mol. The van der Waals surface area contributed by atoms with Gasteiger partial charge in [0, 0.05) is 11.9 Å². The van der Waals surface area contributed by atoms with Crippen LogP contribution in [0.2, 0.25) is 0 Å². The van der Waals surface area contributed by atoms with E-state index in [9.17, 15) is 0 Å². The molecule has 0 fully saturated rings. The fourth-order valence-electron chi connectivity index (χ4n) is 2.80. The Balaban J connectivity index is 1.50. The molecule has 2 heteroatoms. The number of allylic oxidation sites excluding steroid dienone is 1. The van der Waals surface area contributed by atoms with Gasteiger partial charge in [-0.15, -0.1) is 0 Å². The Bertz CT molecular complexity index is 601. The summed E-state index contributed by atoms with van der Waals surface area (Å²) in [5.74, 6) is 0. The number of aromatic nitrogens is 1. The van der Waals surface area contributed by atoms with Crippen molar-refractivity contribution >= 4 is 10.9 Å². The first-order chi connectivity index (χ1) is 9.92. The van der Waals surface area contributed by atoms with E-state index in [4.69, 9.17) is 0 Å². The van der Waals surface area contributed by atoms with Gasteiger partial charge in [0.25, 0.3) is 0 Å². The molecule has 1 heterocycles. The molecule has 0 unspecified atom stereocenters. The Morgan fingerprint density at radius 1 is 1.05 bits per heavy atom. The Morgan fingerprint density at radius 3 is 2.90 bits per heavy atom. The van der Waals surface area contributed by atoms with Gasteiger partial charge >= 0.3 is 0 Å². The van der Waals surface area contributed by atoms with Gasteiger partial charge in [-0.1, -0.05) is 35.9 Å². The zero-order chi connectivity index (χ0) is 13.6. The Labute approximate surface area is 120 Å². The quantitative estimate of drug-likeness (QED) is 0.647. The second kappa shape index (κ2) is 6.67. The molecule has 1 N–H and O–H groups in total. The van der Waals surface area contributed by atoms with E-state index in [1.807, 2.05) is 6.07 Å². The van der Waals surface area contributed by atoms with Gasteiger partial charge in [-0.05, 0) is 50.8 Å². The molecule has 1 aromatic carbocycles. The maximum Gasteiger partial charge on any atom is 0.0705 e. The highest BCUT2D eigenvalue weighted by Gasteiger charge is 2.03. The lowest BCUT2D eigenvalue weighted by atomic mass is 9.97. The minimum atomic E-state index is 0.859. The highest BCUT2D eigenvalue weighted by atomic mass is 14.9. The molecule has 2 nitrogen and oxygen atoms in total. The predicted octanol–water partition coefficient (Wildman–Crippen LogP) is 4.21. The number of para-hydroxylation sites is 1. The summed E-state index contributed by atoms with van der Waals surface area (Å²) < 4.78 is 0. The van der Waals surface area contributed by atoms with E-state index in [2.05, 4.69) is 46.7 Å². The summed E-state index contributed by atoms with van der Waals surface area (Å²) in [7, 11) is 0. The standard InChI is InChI=1S/C18H22N2/c1-2-6-15(7-3-1)12-13-19-14-17-11-10-16-8-4-5-9-18(16)20-17/h4-6,8-11,19H,1-3,7,12-14H2. The van der Waals surface area contributed by atoms with Gasteiger partial charge in [0.05, 0.1) is 11.2 Å². The lowest BCUT2D eigenvalue weighted by molar-refractivity contribution is 0.628. The van der Waals surface area contributed by atoms with Gasteiger partial charge in [0.15, 0.2) is 0 Å².